The number of terminal acetylenes is 1. The third-order valence-corrected chi connectivity index (χ3v) is 3.15. The highest BCUT2D eigenvalue weighted by atomic mass is 32.2. The molecule has 7 heteroatoms. The second kappa shape index (κ2) is 4.33. The second-order valence-corrected chi connectivity index (χ2v) is 4.64. The van der Waals surface area contributed by atoms with Crippen LogP contribution in [0.25, 0.3) is 0 Å². The third kappa shape index (κ3) is 2.71. The van der Waals surface area contributed by atoms with Gasteiger partial charge in [-0.15, -0.1) is 12.3 Å². The molecular weight excluding hydrogens is 216 g/mol. The van der Waals surface area contributed by atoms with Crippen LogP contribution in [0.4, 0.5) is 5.82 Å². The lowest BCUT2D eigenvalue weighted by atomic mass is 10.5. The van der Waals surface area contributed by atoms with Gasteiger partial charge in [0, 0.05) is 26.2 Å². The molecule has 0 saturated heterocycles. The number of aryl methyl sites for hydroxylation is 1. The van der Waals surface area contributed by atoms with Crippen molar-refractivity contribution in [2.75, 3.05) is 12.3 Å². The molecule has 82 valence electrons. The first-order chi connectivity index (χ1) is 6.97. The molecule has 0 aliphatic rings. The van der Waals surface area contributed by atoms with Crippen LogP contribution in [0, 0.1) is 12.3 Å². The number of nitrogens with two attached hydrogens (primary N) is 1. The Balaban J connectivity index is 2.87. The monoisotopic (exact) mass is 228 g/mol. The summed E-state index contributed by atoms with van der Waals surface area (Å²) in [6, 6.07) is 0. The zero-order chi connectivity index (χ0) is 11.5. The fraction of sp³-hybridized carbons (Fsp3) is 0.375. The van der Waals surface area contributed by atoms with Gasteiger partial charge in [-0.05, 0) is 0 Å². The summed E-state index contributed by atoms with van der Waals surface area (Å²) in [5.74, 6) is 2.31. The molecule has 0 radical (unpaired) electrons. The number of aromatic nitrogens is 2. The zero-order valence-electron chi connectivity index (χ0n) is 8.27. The minimum absolute atomic E-state index is 0.0225. The molecule has 1 aromatic rings. The van der Waals surface area contributed by atoms with Crippen LogP contribution in [0.1, 0.15) is 6.42 Å². The topological polar surface area (TPSA) is 90.0 Å². The van der Waals surface area contributed by atoms with Crippen molar-refractivity contribution >= 4 is 15.8 Å². The van der Waals surface area contributed by atoms with E-state index < -0.39 is 10.0 Å². The molecule has 15 heavy (non-hydrogen) atoms. The summed E-state index contributed by atoms with van der Waals surface area (Å²) >= 11 is 0. The van der Waals surface area contributed by atoms with Crippen molar-refractivity contribution in [3.8, 4) is 12.3 Å². The molecule has 1 heterocycles. The maximum Gasteiger partial charge on any atom is 0.245 e. The highest BCUT2D eigenvalue weighted by molar-refractivity contribution is 7.89. The van der Waals surface area contributed by atoms with E-state index in [4.69, 9.17) is 12.2 Å². The summed E-state index contributed by atoms with van der Waals surface area (Å²) in [6.07, 6.45) is 6.68. The molecule has 0 spiro atoms. The van der Waals surface area contributed by atoms with Crippen LogP contribution in [0.3, 0.4) is 0 Å². The number of nitrogens with zero attached hydrogens (tertiary/aromatic N) is 2. The van der Waals surface area contributed by atoms with Crippen molar-refractivity contribution in [1.29, 1.82) is 0 Å². The van der Waals surface area contributed by atoms with E-state index in [-0.39, 0.29) is 17.3 Å². The number of nitrogens with one attached hydrogen (secondary N) is 1. The first-order valence-corrected chi connectivity index (χ1v) is 5.68. The summed E-state index contributed by atoms with van der Waals surface area (Å²) in [4.78, 5) is -0.0259. The highest BCUT2D eigenvalue weighted by Crippen LogP contribution is 2.14. The molecule has 0 aliphatic carbocycles. The van der Waals surface area contributed by atoms with E-state index in [1.165, 1.54) is 10.9 Å². The number of hydrogen-bond donors (Lipinski definition) is 2. The minimum atomic E-state index is -3.60. The van der Waals surface area contributed by atoms with Crippen LogP contribution in [0.2, 0.25) is 0 Å². The van der Waals surface area contributed by atoms with Crippen LogP contribution in [-0.2, 0) is 17.1 Å². The molecule has 6 nitrogen and oxygen atoms in total. The molecule has 0 amide bonds. The van der Waals surface area contributed by atoms with Gasteiger partial charge in [-0.2, -0.15) is 5.10 Å². The Morgan fingerprint density at radius 3 is 2.87 bits per heavy atom. The summed E-state index contributed by atoms with van der Waals surface area (Å²) in [5, 5.41) is 3.74. The largest absolute Gasteiger partial charge is 0.381 e. The van der Waals surface area contributed by atoms with Gasteiger partial charge in [-0.25, -0.2) is 13.1 Å². The SMILES string of the molecule is C#CCCNS(=O)(=O)c1cn(C)nc1N. The first kappa shape index (κ1) is 11.6. The molecule has 0 aromatic carbocycles. The van der Waals surface area contributed by atoms with Gasteiger partial charge in [-0.3, -0.25) is 4.68 Å². The van der Waals surface area contributed by atoms with E-state index in [1.54, 1.807) is 7.05 Å². The fourth-order valence-corrected chi connectivity index (χ4v) is 2.16. The molecule has 0 atom stereocenters. The molecule has 3 N–H and O–H groups in total. The zero-order valence-corrected chi connectivity index (χ0v) is 9.08. The number of nitrogen functional groups attached to an aromatic ring is 1. The Labute approximate surface area is 88.5 Å². The van der Waals surface area contributed by atoms with Crippen LogP contribution in [-0.4, -0.2) is 24.7 Å². The Hall–Kier alpha value is -1.52. The lowest BCUT2D eigenvalue weighted by Crippen LogP contribution is -2.25. The average molecular weight is 228 g/mol. The molecule has 0 bridgehead atoms. The van der Waals surface area contributed by atoms with Crippen molar-refractivity contribution in [1.82, 2.24) is 14.5 Å². The van der Waals surface area contributed by atoms with Crippen molar-refractivity contribution in [3.05, 3.63) is 6.20 Å². The van der Waals surface area contributed by atoms with Gasteiger partial charge in [0.25, 0.3) is 0 Å². The predicted octanol–water partition coefficient (Wildman–Crippen LogP) is -0.696. The van der Waals surface area contributed by atoms with Crippen molar-refractivity contribution in [2.24, 2.45) is 7.05 Å². The quantitative estimate of drug-likeness (QED) is 0.527. The summed E-state index contributed by atoms with van der Waals surface area (Å²) < 4.78 is 26.9. The van der Waals surface area contributed by atoms with Gasteiger partial charge in [0.05, 0.1) is 0 Å². The van der Waals surface area contributed by atoms with Crippen LogP contribution < -0.4 is 10.5 Å². The van der Waals surface area contributed by atoms with E-state index in [0.29, 0.717) is 6.42 Å². The van der Waals surface area contributed by atoms with Crippen molar-refractivity contribution in [3.63, 3.8) is 0 Å². The number of sulfonamides is 1. The smallest absolute Gasteiger partial charge is 0.245 e. The average Bonchev–Trinajstić information content (AvgIpc) is 2.46. The van der Waals surface area contributed by atoms with Gasteiger partial charge in [0.2, 0.25) is 10.0 Å². The lowest BCUT2D eigenvalue weighted by Gasteiger charge is -2.02. The van der Waals surface area contributed by atoms with E-state index in [9.17, 15) is 8.42 Å². The standard InChI is InChI=1S/C8H12N4O2S/c1-3-4-5-10-15(13,14)7-6-12(2)11-8(7)9/h1,6,10H,4-5H2,2H3,(H2,9,11). The van der Waals surface area contributed by atoms with Crippen molar-refractivity contribution in [2.45, 2.75) is 11.3 Å². The number of rotatable bonds is 4. The lowest BCUT2D eigenvalue weighted by molar-refractivity contribution is 0.582. The molecular formula is C8H12N4O2S. The van der Waals surface area contributed by atoms with Crippen LogP contribution in [0.15, 0.2) is 11.1 Å². The Morgan fingerprint density at radius 1 is 1.73 bits per heavy atom. The predicted molar refractivity (Wildman–Crippen MR) is 56.3 cm³/mol. The minimum Gasteiger partial charge on any atom is -0.381 e. The fourth-order valence-electron chi connectivity index (χ4n) is 1.03. The Morgan fingerprint density at radius 2 is 2.40 bits per heavy atom. The van der Waals surface area contributed by atoms with E-state index in [1.807, 2.05) is 0 Å². The Kier molecular flexibility index (Phi) is 3.34. The van der Waals surface area contributed by atoms with E-state index >= 15 is 0 Å². The van der Waals surface area contributed by atoms with Crippen molar-refractivity contribution < 1.29 is 8.42 Å². The maximum atomic E-state index is 11.6. The summed E-state index contributed by atoms with van der Waals surface area (Å²) in [6.45, 7) is 0.188. The van der Waals surface area contributed by atoms with E-state index in [2.05, 4.69) is 15.7 Å². The number of hydrogen-bond acceptors (Lipinski definition) is 4. The third-order valence-electron chi connectivity index (χ3n) is 1.67. The molecule has 0 fully saturated rings. The van der Waals surface area contributed by atoms with Gasteiger partial charge >= 0.3 is 0 Å². The van der Waals surface area contributed by atoms with Gasteiger partial charge in [0.15, 0.2) is 5.82 Å². The summed E-state index contributed by atoms with van der Waals surface area (Å²) in [7, 11) is -2.00. The van der Waals surface area contributed by atoms with E-state index in [0.717, 1.165) is 0 Å². The second-order valence-electron chi connectivity index (χ2n) is 2.90. The van der Waals surface area contributed by atoms with Crippen LogP contribution in [0.5, 0.6) is 0 Å². The van der Waals surface area contributed by atoms with Crippen LogP contribution >= 0.6 is 0 Å². The molecule has 1 aromatic heterocycles. The first-order valence-electron chi connectivity index (χ1n) is 4.19. The Bertz CT molecular complexity index is 483. The van der Waals surface area contributed by atoms with Gasteiger partial charge in [-0.1, -0.05) is 0 Å². The molecule has 0 unspecified atom stereocenters. The highest BCUT2D eigenvalue weighted by Gasteiger charge is 2.19. The molecule has 0 aliphatic heterocycles. The normalized spacial score (nSPS) is 11.2. The maximum absolute atomic E-state index is 11.6. The molecule has 0 saturated carbocycles. The van der Waals surface area contributed by atoms with Gasteiger partial charge in [0.1, 0.15) is 4.90 Å². The van der Waals surface area contributed by atoms with Gasteiger partial charge < -0.3 is 5.73 Å². The molecule has 1 rings (SSSR count). The number of anilines is 1. The summed E-state index contributed by atoms with van der Waals surface area (Å²) in [5.41, 5.74) is 5.44.